The van der Waals surface area contributed by atoms with Crippen molar-refractivity contribution < 1.29 is 19.2 Å². The van der Waals surface area contributed by atoms with E-state index in [2.05, 4.69) is 10.6 Å². The van der Waals surface area contributed by atoms with E-state index in [4.69, 9.17) is 4.74 Å². The number of nitro benzene ring substituents is 1. The van der Waals surface area contributed by atoms with Gasteiger partial charge in [-0.15, -0.1) is 0 Å². The van der Waals surface area contributed by atoms with Crippen molar-refractivity contribution >= 4 is 29.3 Å². The van der Waals surface area contributed by atoms with E-state index in [1.165, 1.54) is 31.2 Å². The van der Waals surface area contributed by atoms with Crippen molar-refractivity contribution in [1.29, 1.82) is 0 Å². The Bertz CT molecular complexity index is 891. The van der Waals surface area contributed by atoms with Crippen LogP contribution in [0.5, 0.6) is 5.75 Å². The third-order valence-corrected chi connectivity index (χ3v) is 3.53. The highest BCUT2D eigenvalue weighted by atomic mass is 16.6. The molecular formula is C20H21N3O5. The third kappa shape index (κ3) is 6.24. The van der Waals surface area contributed by atoms with Crippen LogP contribution in [0, 0.1) is 10.1 Å². The van der Waals surface area contributed by atoms with Gasteiger partial charge in [-0.1, -0.05) is 19.1 Å². The molecule has 2 amide bonds. The zero-order chi connectivity index (χ0) is 20.5. The zero-order valence-corrected chi connectivity index (χ0v) is 15.6. The van der Waals surface area contributed by atoms with Gasteiger partial charge >= 0.3 is 0 Å². The van der Waals surface area contributed by atoms with Crippen LogP contribution in [-0.4, -0.2) is 23.3 Å². The summed E-state index contributed by atoms with van der Waals surface area (Å²) in [4.78, 5) is 34.4. The lowest BCUT2D eigenvalue weighted by Crippen LogP contribution is -2.28. The van der Waals surface area contributed by atoms with Crippen LogP contribution in [0.1, 0.15) is 25.8 Å². The topological polar surface area (TPSA) is 111 Å². The first kappa shape index (κ1) is 20.6. The molecule has 0 heterocycles. The maximum Gasteiger partial charge on any atom is 0.272 e. The predicted molar refractivity (Wildman–Crippen MR) is 106 cm³/mol. The molecule has 0 radical (unpaired) electrons. The fraction of sp³-hybridized carbons (Fsp3) is 0.200. The van der Waals surface area contributed by atoms with E-state index in [-0.39, 0.29) is 11.4 Å². The van der Waals surface area contributed by atoms with Gasteiger partial charge in [0.2, 0.25) is 5.91 Å². The molecule has 0 aliphatic carbocycles. The number of carbonyl (C=O) groups is 2. The highest BCUT2D eigenvalue weighted by molar-refractivity contribution is 6.08. The average molecular weight is 383 g/mol. The summed E-state index contributed by atoms with van der Waals surface area (Å²) in [5, 5.41) is 16.0. The summed E-state index contributed by atoms with van der Waals surface area (Å²) >= 11 is 0. The van der Waals surface area contributed by atoms with Gasteiger partial charge in [0, 0.05) is 24.7 Å². The summed E-state index contributed by atoms with van der Waals surface area (Å²) in [5.41, 5.74) is 0.791. The molecule has 2 aromatic carbocycles. The van der Waals surface area contributed by atoms with Crippen molar-refractivity contribution in [1.82, 2.24) is 5.32 Å². The largest absolute Gasteiger partial charge is 0.494 e. The number of rotatable bonds is 8. The first-order valence-electron chi connectivity index (χ1n) is 8.67. The molecule has 0 bridgehead atoms. The van der Waals surface area contributed by atoms with Crippen molar-refractivity contribution in [2.75, 3.05) is 11.9 Å². The molecule has 0 saturated heterocycles. The van der Waals surface area contributed by atoms with Gasteiger partial charge in [-0.3, -0.25) is 19.7 Å². The summed E-state index contributed by atoms with van der Waals surface area (Å²) in [5.74, 6) is -0.298. The predicted octanol–water partition coefficient (Wildman–Crippen LogP) is 3.50. The van der Waals surface area contributed by atoms with Crippen LogP contribution in [0.4, 0.5) is 11.4 Å². The number of nitro groups is 1. The van der Waals surface area contributed by atoms with E-state index in [0.29, 0.717) is 23.6 Å². The van der Waals surface area contributed by atoms with Crippen molar-refractivity contribution in [3.63, 3.8) is 0 Å². The Kier molecular flexibility index (Phi) is 7.27. The summed E-state index contributed by atoms with van der Waals surface area (Å²) in [6, 6.07) is 12.6. The van der Waals surface area contributed by atoms with Crippen LogP contribution in [-0.2, 0) is 9.59 Å². The molecule has 0 atom stereocenters. The summed E-state index contributed by atoms with van der Waals surface area (Å²) < 4.78 is 5.49. The normalized spacial score (nSPS) is 10.9. The molecule has 0 aromatic heterocycles. The van der Waals surface area contributed by atoms with Crippen LogP contribution in [0.15, 0.2) is 54.2 Å². The number of carbonyl (C=O) groups excluding carboxylic acids is 2. The average Bonchev–Trinajstić information content (AvgIpc) is 2.66. The number of hydrogen-bond acceptors (Lipinski definition) is 5. The van der Waals surface area contributed by atoms with Gasteiger partial charge < -0.3 is 15.4 Å². The van der Waals surface area contributed by atoms with Crippen molar-refractivity contribution in [3.05, 3.63) is 69.9 Å². The van der Waals surface area contributed by atoms with E-state index in [0.717, 1.165) is 6.42 Å². The summed E-state index contributed by atoms with van der Waals surface area (Å²) in [6.45, 7) is 3.88. The first-order valence-corrected chi connectivity index (χ1v) is 8.67. The van der Waals surface area contributed by atoms with Gasteiger partial charge in [0.05, 0.1) is 11.5 Å². The molecule has 2 rings (SSSR count). The first-order chi connectivity index (χ1) is 13.4. The van der Waals surface area contributed by atoms with Crippen LogP contribution >= 0.6 is 0 Å². The second kappa shape index (κ2) is 9.86. The third-order valence-electron chi connectivity index (χ3n) is 3.53. The molecule has 8 nitrogen and oxygen atoms in total. The van der Waals surface area contributed by atoms with Gasteiger partial charge in [0.25, 0.3) is 11.6 Å². The summed E-state index contributed by atoms with van der Waals surface area (Å²) in [6.07, 6.45) is 2.27. The van der Waals surface area contributed by atoms with E-state index in [1.807, 2.05) is 6.92 Å². The highest BCUT2D eigenvalue weighted by Gasteiger charge is 2.13. The number of nitrogens with one attached hydrogen (secondary N) is 2. The Balaban J connectivity index is 2.20. The fourth-order valence-corrected chi connectivity index (χ4v) is 2.30. The molecule has 0 spiro atoms. The van der Waals surface area contributed by atoms with Crippen molar-refractivity contribution in [2.45, 2.75) is 20.3 Å². The molecule has 8 heteroatoms. The zero-order valence-electron chi connectivity index (χ0n) is 15.6. The molecule has 2 aromatic rings. The minimum atomic E-state index is -0.552. The van der Waals surface area contributed by atoms with E-state index in [1.54, 1.807) is 30.3 Å². The second-order valence-corrected chi connectivity index (χ2v) is 5.92. The smallest absolute Gasteiger partial charge is 0.272 e. The van der Waals surface area contributed by atoms with Crippen LogP contribution in [0.25, 0.3) is 6.08 Å². The number of nitrogens with zero attached hydrogens (tertiary/aromatic N) is 1. The quantitative estimate of drug-likeness (QED) is 0.412. The molecule has 2 N–H and O–H groups in total. The molecule has 0 fully saturated rings. The minimum Gasteiger partial charge on any atom is -0.494 e. The minimum absolute atomic E-state index is 0.0284. The number of non-ortho nitro benzene ring substituents is 1. The number of benzene rings is 2. The Morgan fingerprint density at radius 3 is 2.50 bits per heavy atom. The lowest BCUT2D eigenvalue weighted by molar-refractivity contribution is -0.384. The monoisotopic (exact) mass is 383 g/mol. The standard InChI is InChI=1S/C20H21N3O5/c1-3-11-28-18-9-7-16(8-10-18)22-20(25)19(21-14(2)24)13-15-5-4-6-17(12-15)23(26)27/h4-10,12-13H,3,11H2,1-2H3,(H,21,24)(H,22,25)/b19-13-. The Morgan fingerprint density at radius 2 is 1.89 bits per heavy atom. The summed E-state index contributed by atoms with van der Waals surface area (Å²) in [7, 11) is 0. The van der Waals surface area contributed by atoms with E-state index < -0.39 is 16.7 Å². The lowest BCUT2D eigenvalue weighted by Gasteiger charge is -2.11. The number of ether oxygens (including phenoxy) is 1. The Labute approximate surface area is 162 Å². The molecule has 28 heavy (non-hydrogen) atoms. The fourth-order valence-electron chi connectivity index (χ4n) is 2.30. The number of hydrogen-bond donors (Lipinski definition) is 2. The molecule has 0 saturated carbocycles. The van der Waals surface area contributed by atoms with Crippen molar-refractivity contribution in [3.8, 4) is 5.75 Å². The van der Waals surface area contributed by atoms with Crippen LogP contribution in [0.2, 0.25) is 0 Å². The molecule has 0 aliphatic rings. The number of amides is 2. The van der Waals surface area contributed by atoms with Gasteiger partial charge in [0.15, 0.2) is 0 Å². The Hall–Kier alpha value is -3.68. The highest BCUT2D eigenvalue weighted by Crippen LogP contribution is 2.18. The van der Waals surface area contributed by atoms with Crippen LogP contribution in [0.3, 0.4) is 0 Å². The van der Waals surface area contributed by atoms with Crippen LogP contribution < -0.4 is 15.4 Å². The van der Waals surface area contributed by atoms with Gasteiger partial charge in [-0.25, -0.2) is 0 Å². The molecule has 146 valence electrons. The maximum absolute atomic E-state index is 12.6. The lowest BCUT2D eigenvalue weighted by atomic mass is 10.1. The molecule has 0 unspecified atom stereocenters. The number of anilines is 1. The van der Waals surface area contributed by atoms with E-state index >= 15 is 0 Å². The Morgan fingerprint density at radius 1 is 1.18 bits per heavy atom. The molecule has 0 aliphatic heterocycles. The molecular weight excluding hydrogens is 362 g/mol. The van der Waals surface area contributed by atoms with Gasteiger partial charge in [0.1, 0.15) is 11.4 Å². The second-order valence-electron chi connectivity index (χ2n) is 5.92. The van der Waals surface area contributed by atoms with E-state index in [9.17, 15) is 19.7 Å². The van der Waals surface area contributed by atoms with Gasteiger partial charge in [-0.2, -0.15) is 0 Å². The van der Waals surface area contributed by atoms with Crippen molar-refractivity contribution in [2.24, 2.45) is 0 Å². The maximum atomic E-state index is 12.6. The SMILES string of the molecule is CCCOc1ccc(NC(=O)/C(=C/c2cccc([N+](=O)[O-])c2)NC(C)=O)cc1. The van der Waals surface area contributed by atoms with Gasteiger partial charge in [-0.05, 0) is 42.3 Å².